The highest BCUT2D eigenvalue weighted by atomic mass is 16.5. The number of amides is 1. The highest BCUT2D eigenvalue weighted by molar-refractivity contribution is 5.75. The Bertz CT molecular complexity index is 866. The zero-order valence-electron chi connectivity index (χ0n) is 18.6. The fourth-order valence-electron chi connectivity index (χ4n) is 4.38. The van der Waals surface area contributed by atoms with Gasteiger partial charge in [-0.3, -0.25) is 4.79 Å². The molecule has 0 spiro atoms. The molecule has 1 aliphatic heterocycles. The zero-order valence-corrected chi connectivity index (χ0v) is 18.6. The maximum absolute atomic E-state index is 12.2. The van der Waals surface area contributed by atoms with Gasteiger partial charge in [0.05, 0.1) is 33.9 Å². The summed E-state index contributed by atoms with van der Waals surface area (Å²) >= 11 is 0. The predicted octanol–water partition coefficient (Wildman–Crippen LogP) is 2.31. The second-order valence-corrected chi connectivity index (χ2v) is 7.78. The molecular weight excluding hydrogens is 380 g/mol. The molecule has 6 heteroatoms. The largest absolute Gasteiger partial charge is 0.497 e. The molecule has 2 aromatic rings. The van der Waals surface area contributed by atoms with Crippen molar-refractivity contribution in [2.24, 2.45) is 0 Å². The molecule has 2 aromatic carbocycles. The zero-order chi connectivity index (χ0) is 21.7. The molecule has 1 unspecified atom stereocenters. The fourth-order valence-corrected chi connectivity index (χ4v) is 4.38. The van der Waals surface area contributed by atoms with Crippen LogP contribution in [0.1, 0.15) is 43.0 Å². The standard InChI is InChI=1S/C24H32N2O4/c1-6-23(27)25-16(2)24-20-14-22(30-5)21(29-4)13-18(20)11-12-26(24)15-17-7-9-19(28-3)10-8-17/h7-10,13-14,16,24H,6,11-12,15H2,1-5H3,(H,25,27)/p+1/t16-,24+/m0/s1. The smallest absolute Gasteiger partial charge is 0.220 e. The molecule has 0 fully saturated rings. The van der Waals surface area contributed by atoms with Gasteiger partial charge in [0.1, 0.15) is 18.3 Å². The van der Waals surface area contributed by atoms with Crippen LogP contribution < -0.4 is 24.4 Å². The minimum absolute atomic E-state index is 0.0113. The van der Waals surface area contributed by atoms with Crippen molar-refractivity contribution in [3.8, 4) is 17.2 Å². The minimum atomic E-state index is -0.0113. The van der Waals surface area contributed by atoms with Crippen LogP contribution in [0.4, 0.5) is 0 Å². The van der Waals surface area contributed by atoms with E-state index in [1.54, 1.807) is 21.3 Å². The van der Waals surface area contributed by atoms with E-state index in [1.807, 2.05) is 19.1 Å². The maximum Gasteiger partial charge on any atom is 0.220 e. The lowest BCUT2D eigenvalue weighted by molar-refractivity contribution is -0.948. The molecule has 30 heavy (non-hydrogen) atoms. The molecule has 6 nitrogen and oxygen atoms in total. The van der Waals surface area contributed by atoms with Gasteiger partial charge in [0.2, 0.25) is 5.91 Å². The highest BCUT2D eigenvalue weighted by Crippen LogP contribution is 2.35. The summed E-state index contributed by atoms with van der Waals surface area (Å²) < 4.78 is 16.4. The topological polar surface area (TPSA) is 61.2 Å². The molecule has 162 valence electrons. The molecule has 3 rings (SSSR count). The Morgan fingerprint density at radius 3 is 2.37 bits per heavy atom. The van der Waals surface area contributed by atoms with Crippen LogP contribution in [0.5, 0.6) is 17.2 Å². The molecule has 1 aliphatic rings. The summed E-state index contributed by atoms with van der Waals surface area (Å²) in [5.74, 6) is 2.40. The van der Waals surface area contributed by atoms with Gasteiger partial charge in [-0.1, -0.05) is 6.92 Å². The summed E-state index contributed by atoms with van der Waals surface area (Å²) in [6.07, 6.45) is 1.43. The van der Waals surface area contributed by atoms with Crippen molar-refractivity contribution >= 4 is 5.91 Å². The summed E-state index contributed by atoms with van der Waals surface area (Å²) in [4.78, 5) is 13.6. The van der Waals surface area contributed by atoms with Gasteiger partial charge in [0.25, 0.3) is 0 Å². The van der Waals surface area contributed by atoms with Gasteiger partial charge in [0, 0.05) is 24.0 Å². The normalized spacial score (nSPS) is 18.8. The van der Waals surface area contributed by atoms with Gasteiger partial charge >= 0.3 is 0 Å². The number of carbonyl (C=O) groups excluding carboxylic acids is 1. The third kappa shape index (κ3) is 4.70. The molecule has 0 aromatic heterocycles. The highest BCUT2D eigenvalue weighted by Gasteiger charge is 2.37. The number of nitrogens with one attached hydrogen (secondary N) is 2. The van der Waals surface area contributed by atoms with Crippen LogP contribution in [-0.4, -0.2) is 39.8 Å². The number of rotatable bonds is 8. The molecule has 0 aliphatic carbocycles. The number of quaternary nitrogens is 1. The van der Waals surface area contributed by atoms with E-state index in [9.17, 15) is 4.79 Å². The number of carbonyl (C=O) groups is 1. The van der Waals surface area contributed by atoms with Gasteiger partial charge in [-0.15, -0.1) is 0 Å². The molecule has 2 N–H and O–H groups in total. The number of hydrogen-bond acceptors (Lipinski definition) is 4. The monoisotopic (exact) mass is 413 g/mol. The number of hydrogen-bond donors (Lipinski definition) is 2. The average molecular weight is 414 g/mol. The van der Waals surface area contributed by atoms with Crippen LogP contribution in [0.3, 0.4) is 0 Å². The molecule has 0 radical (unpaired) electrons. The van der Waals surface area contributed by atoms with E-state index in [2.05, 4.69) is 36.5 Å². The Kier molecular flexibility index (Phi) is 7.21. The first-order valence-corrected chi connectivity index (χ1v) is 10.5. The Morgan fingerprint density at radius 2 is 1.77 bits per heavy atom. The van der Waals surface area contributed by atoms with Gasteiger partial charge in [-0.2, -0.15) is 0 Å². The Balaban J connectivity index is 1.96. The molecule has 0 bridgehead atoms. The van der Waals surface area contributed by atoms with Crippen molar-refractivity contribution in [2.45, 2.75) is 45.3 Å². The van der Waals surface area contributed by atoms with E-state index in [0.717, 1.165) is 36.8 Å². The van der Waals surface area contributed by atoms with Crippen LogP contribution in [0.2, 0.25) is 0 Å². The minimum Gasteiger partial charge on any atom is -0.497 e. The van der Waals surface area contributed by atoms with Crippen molar-refractivity contribution in [1.29, 1.82) is 0 Å². The summed E-state index contributed by atoms with van der Waals surface area (Å²) in [5.41, 5.74) is 3.72. The maximum atomic E-state index is 12.2. The Morgan fingerprint density at radius 1 is 1.10 bits per heavy atom. The predicted molar refractivity (Wildman–Crippen MR) is 116 cm³/mol. The number of fused-ring (bicyclic) bond motifs is 1. The van der Waals surface area contributed by atoms with Gasteiger partial charge < -0.3 is 24.4 Å². The lowest BCUT2D eigenvalue weighted by Gasteiger charge is -2.38. The Hall–Kier alpha value is -2.73. The van der Waals surface area contributed by atoms with E-state index in [0.29, 0.717) is 6.42 Å². The van der Waals surface area contributed by atoms with Crippen molar-refractivity contribution in [3.63, 3.8) is 0 Å². The number of methoxy groups -OCH3 is 3. The van der Waals surface area contributed by atoms with Crippen molar-refractivity contribution in [2.75, 3.05) is 27.9 Å². The van der Waals surface area contributed by atoms with Crippen LogP contribution in [0.25, 0.3) is 0 Å². The van der Waals surface area contributed by atoms with Crippen LogP contribution in [0, 0.1) is 0 Å². The van der Waals surface area contributed by atoms with Crippen LogP contribution in [0.15, 0.2) is 36.4 Å². The van der Waals surface area contributed by atoms with E-state index in [4.69, 9.17) is 14.2 Å². The summed E-state index contributed by atoms with van der Waals surface area (Å²) in [5, 5.41) is 3.19. The molecule has 0 saturated carbocycles. The number of benzene rings is 2. The van der Waals surface area contributed by atoms with E-state index >= 15 is 0 Å². The summed E-state index contributed by atoms with van der Waals surface area (Å²) in [6, 6.07) is 12.5. The van der Waals surface area contributed by atoms with Gasteiger partial charge in [-0.25, -0.2) is 0 Å². The molecule has 3 atom stereocenters. The summed E-state index contributed by atoms with van der Waals surface area (Å²) in [6.45, 7) is 5.82. The van der Waals surface area contributed by atoms with E-state index in [-0.39, 0.29) is 18.0 Å². The van der Waals surface area contributed by atoms with Crippen molar-refractivity contribution < 1.29 is 23.9 Å². The first kappa shape index (κ1) is 22.0. The Labute approximate surface area is 179 Å². The van der Waals surface area contributed by atoms with Gasteiger partial charge in [-0.05, 0) is 48.9 Å². The van der Waals surface area contributed by atoms with Crippen LogP contribution >= 0.6 is 0 Å². The second-order valence-electron chi connectivity index (χ2n) is 7.78. The lowest BCUT2D eigenvalue weighted by atomic mass is 9.87. The van der Waals surface area contributed by atoms with E-state index < -0.39 is 0 Å². The molecule has 1 amide bonds. The number of ether oxygens (including phenoxy) is 3. The SMILES string of the molecule is CCC(=O)N[C@@H](C)[C@@H]1c2cc(OC)c(OC)cc2CC[NH+]1Cc1ccc(OC)cc1. The third-order valence-corrected chi connectivity index (χ3v) is 5.94. The fraction of sp³-hybridized carbons (Fsp3) is 0.458. The summed E-state index contributed by atoms with van der Waals surface area (Å²) in [7, 11) is 5.00. The molecular formula is C24H33N2O4+. The first-order chi connectivity index (χ1) is 14.5. The van der Waals surface area contributed by atoms with Gasteiger partial charge in [0.15, 0.2) is 11.5 Å². The van der Waals surface area contributed by atoms with E-state index in [1.165, 1.54) is 21.6 Å². The quantitative estimate of drug-likeness (QED) is 0.697. The molecule has 0 saturated heterocycles. The lowest BCUT2D eigenvalue weighted by Crippen LogP contribution is -3.13. The van der Waals surface area contributed by atoms with Crippen molar-refractivity contribution in [3.05, 3.63) is 53.1 Å². The van der Waals surface area contributed by atoms with Crippen molar-refractivity contribution in [1.82, 2.24) is 5.32 Å². The average Bonchev–Trinajstić information content (AvgIpc) is 2.78. The second kappa shape index (κ2) is 9.85. The third-order valence-electron chi connectivity index (χ3n) is 5.94. The first-order valence-electron chi connectivity index (χ1n) is 10.5. The van der Waals surface area contributed by atoms with Crippen LogP contribution in [-0.2, 0) is 17.8 Å². The molecule has 1 heterocycles.